The number of nitrogens with one attached hydrogen (secondary N) is 1. The van der Waals surface area contributed by atoms with Crippen LogP contribution in [0.4, 0.5) is 5.13 Å². The van der Waals surface area contributed by atoms with E-state index in [0.29, 0.717) is 6.54 Å². The van der Waals surface area contributed by atoms with E-state index in [4.69, 9.17) is 4.74 Å². The van der Waals surface area contributed by atoms with Gasteiger partial charge in [0.15, 0.2) is 5.13 Å². The van der Waals surface area contributed by atoms with E-state index in [0.717, 1.165) is 34.2 Å². The molecule has 0 aliphatic carbocycles. The van der Waals surface area contributed by atoms with Crippen molar-refractivity contribution in [1.82, 2.24) is 10.3 Å². The molecule has 0 saturated carbocycles. The third-order valence-electron chi connectivity index (χ3n) is 4.12. The van der Waals surface area contributed by atoms with Gasteiger partial charge in [0, 0.05) is 18.0 Å². The molecule has 0 spiro atoms. The lowest BCUT2D eigenvalue weighted by Gasteiger charge is -2.37. The van der Waals surface area contributed by atoms with E-state index in [1.165, 1.54) is 4.88 Å². The number of thiazole rings is 1. The molecule has 1 aliphatic rings. The van der Waals surface area contributed by atoms with Crippen LogP contribution in [0.25, 0.3) is 10.2 Å². The summed E-state index contributed by atoms with van der Waals surface area (Å²) < 4.78 is 6.36. The molecular weight excluding hydrogens is 342 g/mol. The molecule has 2 aromatic heterocycles. The number of hydrogen-bond acceptors (Lipinski definition) is 6. The Morgan fingerprint density at radius 1 is 1.42 bits per heavy atom. The Morgan fingerprint density at radius 2 is 2.29 bits per heavy atom. The normalized spacial score (nSPS) is 14.6. The standard InChI is InChI=1S/C17H17N3O2S2/c1-22-12-4-5-14-15(7-12)24-17(19-14)20-9-11(10-20)16(21)18-8-13-3-2-6-23-13/h2-7,11H,8-10H2,1H3,(H,18,21). The number of fused-ring (bicyclic) bond motifs is 1. The molecular formula is C17H17N3O2S2. The molecule has 3 heterocycles. The van der Waals surface area contributed by atoms with Crippen molar-refractivity contribution in [2.75, 3.05) is 25.1 Å². The molecule has 3 aromatic rings. The van der Waals surface area contributed by atoms with Gasteiger partial charge in [-0.15, -0.1) is 11.3 Å². The summed E-state index contributed by atoms with van der Waals surface area (Å²) in [5.74, 6) is 1.01. The summed E-state index contributed by atoms with van der Waals surface area (Å²) in [4.78, 5) is 20.2. The summed E-state index contributed by atoms with van der Waals surface area (Å²) in [5, 5.41) is 6.01. The van der Waals surface area contributed by atoms with Crippen LogP contribution < -0.4 is 15.0 Å². The van der Waals surface area contributed by atoms with Gasteiger partial charge in [0.25, 0.3) is 0 Å². The van der Waals surface area contributed by atoms with E-state index >= 15 is 0 Å². The Balaban J connectivity index is 1.35. The number of anilines is 1. The third-order valence-corrected chi connectivity index (χ3v) is 6.08. The van der Waals surface area contributed by atoms with Gasteiger partial charge < -0.3 is 15.0 Å². The van der Waals surface area contributed by atoms with Crippen LogP contribution in [0.15, 0.2) is 35.7 Å². The van der Waals surface area contributed by atoms with Crippen molar-refractivity contribution in [3.63, 3.8) is 0 Å². The summed E-state index contributed by atoms with van der Waals surface area (Å²) in [5.41, 5.74) is 0.974. The van der Waals surface area contributed by atoms with Crippen LogP contribution in [0.2, 0.25) is 0 Å². The van der Waals surface area contributed by atoms with E-state index in [1.807, 2.05) is 35.7 Å². The fourth-order valence-corrected chi connectivity index (χ4v) is 4.34. The molecule has 0 unspecified atom stereocenters. The zero-order chi connectivity index (χ0) is 16.5. The summed E-state index contributed by atoms with van der Waals surface area (Å²) in [6.45, 7) is 2.08. The molecule has 7 heteroatoms. The lowest BCUT2D eigenvalue weighted by atomic mass is 10.0. The fourth-order valence-electron chi connectivity index (χ4n) is 2.69. The van der Waals surface area contributed by atoms with E-state index in [1.54, 1.807) is 29.8 Å². The van der Waals surface area contributed by atoms with Crippen molar-refractivity contribution in [1.29, 1.82) is 0 Å². The maximum absolute atomic E-state index is 12.2. The Morgan fingerprint density at radius 3 is 3.04 bits per heavy atom. The van der Waals surface area contributed by atoms with Crippen LogP contribution in [0.5, 0.6) is 5.75 Å². The predicted octanol–water partition coefficient (Wildman–Crippen LogP) is 3.12. The minimum absolute atomic E-state index is 0.0477. The molecule has 1 aromatic carbocycles. The topological polar surface area (TPSA) is 54.5 Å². The number of ether oxygens (including phenoxy) is 1. The average Bonchev–Trinajstić information content (AvgIpc) is 3.20. The molecule has 1 fully saturated rings. The van der Waals surface area contributed by atoms with Gasteiger partial charge in [-0.3, -0.25) is 4.79 Å². The third kappa shape index (κ3) is 2.97. The van der Waals surface area contributed by atoms with Gasteiger partial charge in [-0.25, -0.2) is 4.98 Å². The number of amides is 1. The van der Waals surface area contributed by atoms with Crippen molar-refractivity contribution < 1.29 is 9.53 Å². The Kier molecular flexibility index (Phi) is 4.12. The van der Waals surface area contributed by atoms with Crippen molar-refractivity contribution in [3.05, 3.63) is 40.6 Å². The highest BCUT2D eigenvalue weighted by Crippen LogP contribution is 2.34. The minimum Gasteiger partial charge on any atom is -0.497 e. The summed E-state index contributed by atoms with van der Waals surface area (Å²) >= 11 is 3.30. The quantitative estimate of drug-likeness (QED) is 0.760. The molecule has 1 saturated heterocycles. The number of aromatic nitrogens is 1. The van der Waals surface area contributed by atoms with E-state index < -0.39 is 0 Å². The number of carbonyl (C=O) groups is 1. The van der Waals surface area contributed by atoms with E-state index in [2.05, 4.69) is 15.2 Å². The van der Waals surface area contributed by atoms with Gasteiger partial charge in [-0.1, -0.05) is 17.4 Å². The van der Waals surface area contributed by atoms with Crippen LogP contribution in [0.1, 0.15) is 4.88 Å². The SMILES string of the molecule is COc1ccc2nc(N3CC(C(=O)NCc4cccs4)C3)sc2c1. The first kappa shape index (κ1) is 15.4. The molecule has 5 nitrogen and oxygen atoms in total. The number of rotatable bonds is 5. The molecule has 1 aliphatic heterocycles. The zero-order valence-electron chi connectivity index (χ0n) is 13.2. The van der Waals surface area contributed by atoms with E-state index in [-0.39, 0.29) is 11.8 Å². The highest BCUT2D eigenvalue weighted by atomic mass is 32.1. The van der Waals surface area contributed by atoms with Gasteiger partial charge in [0.2, 0.25) is 5.91 Å². The maximum Gasteiger partial charge on any atom is 0.226 e. The average molecular weight is 359 g/mol. The first-order valence-electron chi connectivity index (χ1n) is 7.72. The van der Waals surface area contributed by atoms with Crippen LogP contribution in [0, 0.1) is 5.92 Å². The number of hydrogen-bond donors (Lipinski definition) is 1. The monoisotopic (exact) mass is 359 g/mol. The maximum atomic E-state index is 12.2. The molecule has 0 bridgehead atoms. The van der Waals surface area contributed by atoms with Gasteiger partial charge in [0.1, 0.15) is 5.75 Å². The lowest BCUT2D eigenvalue weighted by Crippen LogP contribution is -2.53. The molecule has 0 radical (unpaired) electrons. The van der Waals surface area contributed by atoms with Crippen LogP contribution >= 0.6 is 22.7 Å². The molecule has 1 N–H and O–H groups in total. The Bertz CT molecular complexity index is 854. The van der Waals surface area contributed by atoms with Crippen LogP contribution in [-0.4, -0.2) is 31.1 Å². The van der Waals surface area contributed by atoms with Crippen LogP contribution in [0.3, 0.4) is 0 Å². The summed E-state index contributed by atoms with van der Waals surface area (Å²) in [7, 11) is 1.66. The highest BCUT2D eigenvalue weighted by molar-refractivity contribution is 7.22. The smallest absolute Gasteiger partial charge is 0.226 e. The summed E-state index contributed by atoms with van der Waals surface area (Å²) in [6, 6.07) is 9.93. The highest BCUT2D eigenvalue weighted by Gasteiger charge is 2.34. The zero-order valence-corrected chi connectivity index (χ0v) is 14.8. The molecule has 4 rings (SSSR count). The minimum atomic E-state index is 0.0477. The Labute approximate surface area is 147 Å². The second-order valence-corrected chi connectivity index (χ2v) is 7.77. The second-order valence-electron chi connectivity index (χ2n) is 5.73. The second kappa shape index (κ2) is 6.41. The van der Waals surface area contributed by atoms with Gasteiger partial charge in [-0.05, 0) is 29.6 Å². The first-order valence-corrected chi connectivity index (χ1v) is 9.42. The number of methoxy groups -OCH3 is 1. The molecule has 0 atom stereocenters. The summed E-state index contributed by atoms with van der Waals surface area (Å²) in [6.07, 6.45) is 0. The van der Waals surface area contributed by atoms with Crippen molar-refractivity contribution in [2.45, 2.75) is 6.54 Å². The molecule has 1 amide bonds. The largest absolute Gasteiger partial charge is 0.497 e. The lowest BCUT2D eigenvalue weighted by molar-refractivity contribution is -0.125. The van der Waals surface area contributed by atoms with E-state index in [9.17, 15) is 4.79 Å². The number of carbonyl (C=O) groups excluding carboxylic acids is 1. The number of nitrogens with zero attached hydrogens (tertiary/aromatic N) is 2. The first-order chi connectivity index (χ1) is 11.7. The van der Waals surface area contributed by atoms with Crippen molar-refractivity contribution in [3.8, 4) is 5.75 Å². The van der Waals surface area contributed by atoms with Gasteiger partial charge in [-0.2, -0.15) is 0 Å². The molecule has 124 valence electrons. The van der Waals surface area contributed by atoms with Crippen molar-refractivity contribution >= 4 is 43.9 Å². The predicted molar refractivity (Wildman–Crippen MR) is 98.0 cm³/mol. The molecule has 24 heavy (non-hydrogen) atoms. The van der Waals surface area contributed by atoms with Crippen molar-refractivity contribution in [2.24, 2.45) is 5.92 Å². The fraction of sp³-hybridized carbons (Fsp3) is 0.294. The number of thiophene rings is 1. The van der Waals surface area contributed by atoms with Gasteiger partial charge in [0.05, 0.1) is 29.8 Å². The Hall–Kier alpha value is -2.12. The number of benzene rings is 1. The van der Waals surface area contributed by atoms with Gasteiger partial charge >= 0.3 is 0 Å². The van der Waals surface area contributed by atoms with Crippen LogP contribution in [-0.2, 0) is 11.3 Å².